The summed E-state index contributed by atoms with van der Waals surface area (Å²) in [6, 6.07) is 13.8. The second kappa shape index (κ2) is 9.42. The van der Waals surface area contributed by atoms with Crippen molar-refractivity contribution in [3.63, 3.8) is 0 Å². The number of anilines is 1. The number of ether oxygens (including phenoxy) is 2. The first kappa shape index (κ1) is 20.6. The van der Waals surface area contributed by atoms with Crippen LogP contribution in [0.25, 0.3) is 22.1 Å². The smallest absolute Gasteiger partial charge is 0.265 e. The van der Waals surface area contributed by atoms with Gasteiger partial charge in [0.05, 0.1) is 25.4 Å². The van der Waals surface area contributed by atoms with Crippen LogP contribution in [0.4, 0.5) is 5.95 Å². The quantitative estimate of drug-likeness (QED) is 0.315. The highest BCUT2D eigenvalue weighted by Gasteiger charge is 2.13. The molecule has 0 amide bonds. The van der Waals surface area contributed by atoms with Crippen LogP contribution < -0.4 is 14.9 Å². The molecule has 1 N–H and O–H groups in total. The van der Waals surface area contributed by atoms with Crippen molar-refractivity contribution in [3.8, 4) is 11.5 Å². The van der Waals surface area contributed by atoms with Gasteiger partial charge in [0.25, 0.3) is 5.95 Å². The zero-order chi connectivity index (χ0) is 21.6. The molecule has 8 heteroatoms. The Kier molecular flexibility index (Phi) is 6.26. The first-order chi connectivity index (χ1) is 15.2. The van der Waals surface area contributed by atoms with E-state index in [1.165, 1.54) is 0 Å². The van der Waals surface area contributed by atoms with Gasteiger partial charge in [-0.3, -0.25) is 0 Å². The summed E-state index contributed by atoms with van der Waals surface area (Å²) < 4.78 is 13.3. The molecule has 0 unspecified atom stereocenters. The maximum absolute atomic E-state index is 5.69. The predicted octanol–water partition coefficient (Wildman–Crippen LogP) is 4.63. The second-order valence-electron chi connectivity index (χ2n) is 7.11. The number of aryl methyl sites for hydroxylation is 1. The average Bonchev–Trinajstić information content (AvgIpc) is 3.11. The molecular weight excluding hydrogens is 392 g/mol. The molecule has 31 heavy (non-hydrogen) atoms. The van der Waals surface area contributed by atoms with Crippen molar-refractivity contribution in [1.82, 2.24) is 19.7 Å². The lowest BCUT2D eigenvalue weighted by Gasteiger charge is -2.10. The van der Waals surface area contributed by atoms with Gasteiger partial charge in [0.15, 0.2) is 17.1 Å². The minimum atomic E-state index is 0.346. The molecule has 4 rings (SSSR count). The zero-order valence-corrected chi connectivity index (χ0v) is 18.0. The van der Waals surface area contributed by atoms with E-state index in [1.54, 1.807) is 13.3 Å². The number of hydrogen-bond acceptors (Lipinski definition) is 7. The molecule has 0 fully saturated rings. The summed E-state index contributed by atoms with van der Waals surface area (Å²) in [7, 11) is 1.62. The van der Waals surface area contributed by atoms with Crippen molar-refractivity contribution in [2.45, 2.75) is 33.2 Å². The Morgan fingerprint density at radius 1 is 1.06 bits per heavy atom. The van der Waals surface area contributed by atoms with Crippen LogP contribution in [0.2, 0.25) is 0 Å². The van der Waals surface area contributed by atoms with Gasteiger partial charge in [0.2, 0.25) is 0 Å². The van der Waals surface area contributed by atoms with Crippen LogP contribution in [0.3, 0.4) is 0 Å². The summed E-state index contributed by atoms with van der Waals surface area (Å²) in [4.78, 5) is 4.66. The highest BCUT2D eigenvalue weighted by Crippen LogP contribution is 2.28. The Morgan fingerprint density at radius 3 is 2.74 bits per heavy atom. The summed E-state index contributed by atoms with van der Waals surface area (Å²) in [5, 5.41) is 13.9. The Morgan fingerprint density at radius 2 is 1.94 bits per heavy atom. The molecular formula is C23H26N6O2. The number of nitrogens with zero attached hydrogens (tertiary/aromatic N) is 5. The molecule has 4 aromatic rings. The summed E-state index contributed by atoms with van der Waals surface area (Å²) in [6.45, 7) is 5.71. The molecule has 0 saturated carbocycles. The molecule has 8 nitrogen and oxygen atoms in total. The number of methoxy groups -OCH3 is 1. The third-order valence-corrected chi connectivity index (χ3v) is 4.85. The van der Waals surface area contributed by atoms with Crippen LogP contribution in [-0.2, 0) is 6.54 Å². The Balaban J connectivity index is 1.57. The Labute approximate surface area is 180 Å². The van der Waals surface area contributed by atoms with Gasteiger partial charge in [-0.2, -0.15) is 10.1 Å². The fraction of sp³-hybridized carbons (Fsp3) is 0.304. The highest BCUT2D eigenvalue weighted by molar-refractivity contribution is 6.04. The zero-order valence-electron chi connectivity index (χ0n) is 18.0. The first-order valence-corrected chi connectivity index (χ1v) is 10.5. The third-order valence-electron chi connectivity index (χ3n) is 4.85. The molecule has 0 aliphatic rings. The third kappa shape index (κ3) is 4.28. The van der Waals surface area contributed by atoms with Gasteiger partial charge in [0.1, 0.15) is 5.52 Å². The molecule has 0 spiro atoms. The van der Waals surface area contributed by atoms with E-state index in [0.717, 1.165) is 52.8 Å². The molecule has 160 valence electrons. The number of hydrogen-bond donors (Lipinski definition) is 1. The van der Waals surface area contributed by atoms with Crippen molar-refractivity contribution >= 4 is 34.2 Å². The molecule has 2 aromatic carbocycles. The maximum Gasteiger partial charge on any atom is 0.265 e. The van der Waals surface area contributed by atoms with Crippen molar-refractivity contribution in [2.75, 3.05) is 19.1 Å². The van der Waals surface area contributed by atoms with Gasteiger partial charge in [0, 0.05) is 11.9 Å². The molecule has 0 saturated heterocycles. The average molecular weight is 419 g/mol. The number of aromatic nitrogens is 4. The summed E-state index contributed by atoms with van der Waals surface area (Å²) in [5.41, 5.74) is 6.46. The topological polar surface area (TPSA) is 86.5 Å². The molecule has 2 heterocycles. The highest BCUT2D eigenvalue weighted by atomic mass is 16.5. The molecule has 0 atom stereocenters. The molecule has 2 aromatic heterocycles. The van der Waals surface area contributed by atoms with Crippen LogP contribution in [0.15, 0.2) is 47.6 Å². The maximum atomic E-state index is 5.69. The van der Waals surface area contributed by atoms with Gasteiger partial charge in [-0.05, 0) is 42.7 Å². The number of hydrazone groups is 1. The minimum absolute atomic E-state index is 0.346. The van der Waals surface area contributed by atoms with E-state index in [2.05, 4.69) is 50.2 Å². The SMILES string of the molecule is CCCOc1ccc(/C=N/Nc2nnc3c4ccccc4n(CCC)c3n2)cc1OC. The lowest BCUT2D eigenvalue weighted by atomic mass is 10.2. The van der Waals surface area contributed by atoms with Crippen LogP contribution >= 0.6 is 0 Å². The first-order valence-electron chi connectivity index (χ1n) is 10.5. The van der Waals surface area contributed by atoms with E-state index in [4.69, 9.17) is 9.47 Å². The van der Waals surface area contributed by atoms with E-state index in [-0.39, 0.29) is 0 Å². The Hall–Kier alpha value is -3.68. The van der Waals surface area contributed by atoms with Gasteiger partial charge >= 0.3 is 0 Å². The standard InChI is InChI=1S/C23H26N6O2/c1-4-12-29-18-9-7-6-8-17(18)21-22(29)25-23(28-26-21)27-24-15-16-10-11-19(31-13-5-2)20(14-16)30-3/h6-11,14-15H,4-5,12-13H2,1-3H3,(H,25,27,28)/b24-15+. The molecule has 0 aliphatic heterocycles. The van der Waals surface area contributed by atoms with Crippen LogP contribution in [0.5, 0.6) is 11.5 Å². The monoisotopic (exact) mass is 418 g/mol. The molecule has 0 aliphatic carbocycles. The van der Waals surface area contributed by atoms with Gasteiger partial charge in [-0.15, -0.1) is 10.2 Å². The number of benzene rings is 2. The van der Waals surface area contributed by atoms with Crippen molar-refractivity contribution < 1.29 is 9.47 Å². The summed E-state index contributed by atoms with van der Waals surface area (Å²) >= 11 is 0. The van der Waals surface area contributed by atoms with E-state index in [1.807, 2.05) is 36.4 Å². The molecule has 0 radical (unpaired) electrons. The van der Waals surface area contributed by atoms with E-state index < -0.39 is 0 Å². The fourth-order valence-corrected chi connectivity index (χ4v) is 3.46. The van der Waals surface area contributed by atoms with Crippen LogP contribution in [0, 0.1) is 0 Å². The lowest BCUT2D eigenvalue weighted by molar-refractivity contribution is 0.294. The van der Waals surface area contributed by atoms with Crippen molar-refractivity contribution in [2.24, 2.45) is 5.10 Å². The summed E-state index contributed by atoms with van der Waals surface area (Å²) in [6.07, 6.45) is 3.62. The van der Waals surface area contributed by atoms with Crippen LogP contribution in [0.1, 0.15) is 32.3 Å². The van der Waals surface area contributed by atoms with E-state index in [0.29, 0.717) is 18.3 Å². The molecule has 0 bridgehead atoms. The number of fused-ring (bicyclic) bond motifs is 3. The van der Waals surface area contributed by atoms with Gasteiger partial charge < -0.3 is 14.0 Å². The summed E-state index contributed by atoms with van der Waals surface area (Å²) in [5.74, 6) is 1.73. The largest absolute Gasteiger partial charge is 0.493 e. The number of rotatable bonds is 9. The van der Waals surface area contributed by atoms with Gasteiger partial charge in [-0.25, -0.2) is 5.43 Å². The van der Waals surface area contributed by atoms with E-state index in [9.17, 15) is 0 Å². The van der Waals surface area contributed by atoms with Gasteiger partial charge in [-0.1, -0.05) is 32.0 Å². The Bertz CT molecular complexity index is 1220. The normalized spacial score (nSPS) is 11.5. The number of para-hydroxylation sites is 1. The predicted molar refractivity (Wildman–Crippen MR) is 123 cm³/mol. The number of nitrogens with one attached hydrogen (secondary N) is 1. The van der Waals surface area contributed by atoms with Crippen molar-refractivity contribution in [3.05, 3.63) is 48.0 Å². The van der Waals surface area contributed by atoms with Crippen molar-refractivity contribution in [1.29, 1.82) is 0 Å². The minimum Gasteiger partial charge on any atom is -0.493 e. The van der Waals surface area contributed by atoms with E-state index >= 15 is 0 Å². The van der Waals surface area contributed by atoms with Crippen LogP contribution in [-0.4, -0.2) is 39.7 Å². The lowest BCUT2D eigenvalue weighted by Crippen LogP contribution is -2.03. The fourth-order valence-electron chi connectivity index (χ4n) is 3.46. The second-order valence-corrected chi connectivity index (χ2v) is 7.11.